The average Bonchev–Trinajstić information content (AvgIpc) is 2.45. The molecule has 110 valence electrons. The van der Waals surface area contributed by atoms with Crippen molar-refractivity contribution in [1.82, 2.24) is 5.32 Å². The van der Waals surface area contributed by atoms with Crippen molar-refractivity contribution in [1.29, 1.82) is 0 Å². The Morgan fingerprint density at radius 1 is 1.32 bits per heavy atom. The highest BCUT2D eigenvalue weighted by atomic mass is 16.5. The molecular weight excluding hydrogens is 246 g/mol. The van der Waals surface area contributed by atoms with E-state index in [1.165, 1.54) is 39.2 Å². The van der Waals surface area contributed by atoms with Crippen molar-refractivity contribution in [3.63, 3.8) is 0 Å². The van der Waals surface area contributed by atoms with Gasteiger partial charge in [0.2, 0.25) is 5.91 Å². The quantitative estimate of drug-likeness (QED) is 0.686. The van der Waals surface area contributed by atoms with Crippen LogP contribution < -0.4 is 5.32 Å². The maximum absolute atomic E-state index is 11.6. The molecular formula is C14H25NO4. The molecule has 19 heavy (non-hydrogen) atoms. The molecule has 0 bridgehead atoms. The lowest BCUT2D eigenvalue weighted by molar-refractivity contribution is -0.146. The average molecular weight is 271 g/mol. The van der Waals surface area contributed by atoms with Crippen molar-refractivity contribution in [3.05, 3.63) is 0 Å². The molecule has 0 aromatic carbocycles. The van der Waals surface area contributed by atoms with Crippen LogP contribution in [0.25, 0.3) is 0 Å². The summed E-state index contributed by atoms with van der Waals surface area (Å²) in [6.07, 6.45) is 8.85. The monoisotopic (exact) mass is 271 g/mol. The number of hydrogen-bond donors (Lipinski definition) is 2. The number of carbonyl (C=O) groups is 2. The van der Waals surface area contributed by atoms with Crippen LogP contribution in [-0.4, -0.2) is 36.7 Å². The zero-order chi connectivity index (χ0) is 14.1. The summed E-state index contributed by atoms with van der Waals surface area (Å²) in [5.74, 6) is -0.0424. The number of aliphatic hydroxyl groups is 1. The van der Waals surface area contributed by atoms with Gasteiger partial charge in [0.15, 0.2) is 6.04 Å². The van der Waals surface area contributed by atoms with E-state index in [2.05, 4.69) is 10.1 Å². The lowest BCUT2D eigenvalue weighted by atomic mass is 9.86. The van der Waals surface area contributed by atoms with Crippen molar-refractivity contribution in [3.8, 4) is 0 Å². The van der Waals surface area contributed by atoms with E-state index in [1.807, 2.05) is 0 Å². The maximum Gasteiger partial charge on any atom is 0.330 e. The number of nitrogens with one attached hydrogen (secondary N) is 1. The predicted octanol–water partition coefficient (Wildman–Crippen LogP) is 1.39. The molecule has 0 spiro atoms. The van der Waals surface area contributed by atoms with Gasteiger partial charge in [0.1, 0.15) is 0 Å². The number of hydrogen-bond acceptors (Lipinski definition) is 4. The van der Waals surface area contributed by atoms with Gasteiger partial charge in [-0.25, -0.2) is 4.79 Å². The minimum Gasteiger partial charge on any atom is -0.467 e. The van der Waals surface area contributed by atoms with Crippen molar-refractivity contribution in [2.45, 2.75) is 57.4 Å². The Morgan fingerprint density at radius 2 is 2.00 bits per heavy atom. The summed E-state index contributed by atoms with van der Waals surface area (Å²) in [4.78, 5) is 22.8. The third-order valence-electron chi connectivity index (χ3n) is 3.74. The maximum atomic E-state index is 11.6. The molecule has 0 heterocycles. The number of methoxy groups -OCH3 is 1. The molecule has 1 saturated carbocycles. The van der Waals surface area contributed by atoms with Crippen molar-refractivity contribution in [2.24, 2.45) is 5.92 Å². The molecule has 0 radical (unpaired) electrons. The summed E-state index contributed by atoms with van der Waals surface area (Å²) in [7, 11) is 1.24. The Kier molecular flexibility index (Phi) is 7.48. The van der Waals surface area contributed by atoms with Crippen LogP contribution in [0.2, 0.25) is 0 Å². The lowest BCUT2D eigenvalue weighted by Crippen LogP contribution is -2.43. The van der Waals surface area contributed by atoms with E-state index in [-0.39, 0.29) is 5.91 Å². The fourth-order valence-electron chi connectivity index (χ4n) is 2.61. The highest BCUT2D eigenvalue weighted by molar-refractivity contribution is 5.84. The second kappa shape index (κ2) is 8.91. The molecule has 1 fully saturated rings. The Morgan fingerprint density at radius 3 is 2.58 bits per heavy atom. The molecule has 5 nitrogen and oxygen atoms in total. The van der Waals surface area contributed by atoms with Crippen LogP contribution in [0.1, 0.15) is 51.4 Å². The van der Waals surface area contributed by atoms with Gasteiger partial charge in [-0.05, 0) is 18.8 Å². The third-order valence-corrected chi connectivity index (χ3v) is 3.74. The first kappa shape index (κ1) is 16.0. The Labute approximate surface area is 114 Å². The molecule has 1 aliphatic rings. The molecule has 1 atom stereocenters. The number of ether oxygens (including phenoxy) is 1. The lowest BCUT2D eigenvalue weighted by Gasteiger charge is -2.21. The highest BCUT2D eigenvalue weighted by Crippen LogP contribution is 2.27. The van der Waals surface area contributed by atoms with Gasteiger partial charge in [0, 0.05) is 6.42 Å². The van der Waals surface area contributed by atoms with Crippen LogP contribution in [-0.2, 0) is 14.3 Å². The second-order valence-electron chi connectivity index (χ2n) is 5.22. The van der Waals surface area contributed by atoms with Gasteiger partial charge in [-0.3, -0.25) is 4.79 Å². The van der Waals surface area contributed by atoms with Crippen LogP contribution in [0.15, 0.2) is 0 Å². The first-order chi connectivity index (χ1) is 9.17. The molecule has 0 aromatic rings. The molecule has 1 rings (SSSR count). The number of amides is 1. The minimum absolute atomic E-state index is 0.194. The second-order valence-corrected chi connectivity index (χ2v) is 5.22. The highest BCUT2D eigenvalue weighted by Gasteiger charge is 2.20. The van der Waals surface area contributed by atoms with Crippen LogP contribution in [0.3, 0.4) is 0 Å². The largest absolute Gasteiger partial charge is 0.467 e. The zero-order valence-electron chi connectivity index (χ0n) is 11.7. The number of carbonyl (C=O) groups excluding carboxylic acids is 2. The van der Waals surface area contributed by atoms with E-state index in [0.717, 1.165) is 18.8 Å². The van der Waals surface area contributed by atoms with Crippen LogP contribution in [0.5, 0.6) is 0 Å². The van der Waals surface area contributed by atoms with Crippen molar-refractivity contribution >= 4 is 11.9 Å². The number of aliphatic hydroxyl groups excluding tert-OH is 1. The van der Waals surface area contributed by atoms with Crippen LogP contribution >= 0.6 is 0 Å². The van der Waals surface area contributed by atoms with Gasteiger partial charge in [-0.15, -0.1) is 0 Å². The first-order valence-corrected chi connectivity index (χ1v) is 7.15. The minimum atomic E-state index is -0.938. The fraction of sp³-hybridized carbons (Fsp3) is 0.857. The van der Waals surface area contributed by atoms with E-state index < -0.39 is 18.6 Å². The summed E-state index contributed by atoms with van der Waals surface area (Å²) >= 11 is 0. The topological polar surface area (TPSA) is 75.6 Å². The summed E-state index contributed by atoms with van der Waals surface area (Å²) in [6, 6.07) is -0.938. The standard InChI is InChI=1S/C14H25NO4/c1-19-14(18)12(10-16)15-13(17)9-5-8-11-6-3-2-4-7-11/h11-12,16H,2-10H2,1H3,(H,15,17). The van der Waals surface area contributed by atoms with Gasteiger partial charge in [0.05, 0.1) is 13.7 Å². The summed E-state index contributed by atoms with van der Waals surface area (Å²) < 4.78 is 4.49. The summed E-state index contributed by atoms with van der Waals surface area (Å²) in [5, 5.41) is 11.5. The smallest absolute Gasteiger partial charge is 0.330 e. The fourth-order valence-corrected chi connectivity index (χ4v) is 2.61. The third kappa shape index (κ3) is 6.05. The van der Waals surface area contributed by atoms with E-state index in [4.69, 9.17) is 5.11 Å². The molecule has 1 unspecified atom stereocenters. The van der Waals surface area contributed by atoms with Crippen molar-refractivity contribution in [2.75, 3.05) is 13.7 Å². The van der Waals surface area contributed by atoms with E-state index in [9.17, 15) is 9.59 Å². The molecule has 0 saturated heterocycles. The first-order valence-electron chi connectivity index (χ1n) is 7.15. The Bertz CT molecular complexity index is 287. The van der Waals surface area contributed by atoms with Gasteiger partial charge in [-0.2, -0.15) is 0 Å². The van der Waals surface area contributed by atoms with E-state index >= 15 is 0 Å². The van der Waals surface area contributed by atoms with Gasteiger partial charge in [0.25, 0.3) is 0 Å². The zero-order valence-corrected chi connectivity index (χ0v) is 11.7. The molecule has 1 amide bonds. The van der Waals surface area contributed by atoms with Crippen molar-refractivity contribution < 1.29 is 19.4 Å². The van der Waals surface area contributed by atoms with Gasteiger partial charge < -0.3 is 15.2 Å². The number of rotatable bonds is 7. The molecule has 0 aliphatic heterocycles. The number of esters is 1. The SMILES string of the molecule is COC(=O)C(CO)NC(=O)CCCC1CCCCC1. The summed E-state index contributed by atoms with van der Waals surface area (Å²) in [5.41, 5.74) is 0. The summed E-state index contributed by atoms with van der Waals surface area (Å²) in [6.45, 7) is -0.430. The molecule has 0 aromatic heterocycles. The molecule has 5 heteroatoms. The molecule has 2 N–H and O–H groups in total. The predicted molar refractivity (Wildman–Crippen MR) is 71.5 cm³/mol. The van der Waals surface area contributed by atoms with Crippen LogP contribution in [0, 0.1) is 5.92 Å². The molecule has 1 aliphatic carbocycles. The Balaban J connectivity index is 2.17. The van der Waals surface area contributed by atoms with Crippen LogP contribution in [0.4, 0.5) is 0 Å². The van der Waals surface area contributed by atoms with E-state index in [1.54, 1.807) is 0 Å². The van der Waals surface area contributed by atoms with Gasteiger partial charge >= 0.3 is 5.97 Å². The van der Waals surface area contributed by atoms with Gasteiger partial charge in [-0.1, -0.05) is 32.1 Å². The normalized spacial score (nSPS) is 17.8. The Hall–Kier alpha value is -1.10. The van der Waals surface area contributed by atoms with E-state index in [0.29, 0.717) is 6.42 Å².